The molecule has 2 aliphatic rings. The van der Waals surface area contributed by atoms with Gasteiger partial charge in [-0.25, -0.2) is 4.79 Å². The predicted octanol–water partition coefficient (Wildman–Crippen LogP) is 2.67. The maximum absolute atomic E-state index is 12.8. The number of rotatable bonds is 3. The Hall–Kier alpha value is -3.37. The van der Waals surface area contributed by atoms with Crippen molar-refractivity contribution in [2.24, 2.45) is 5.92 Å². The van der Waals surface area contributed by atoms with Gasteiger partial charge in [-0.3, -0.25) is 14.6 Å². The third kappa shape index (κ3) is 4.61. The van der Waals surface area contributed by atoms with Crippen LogP contribution in [-0.2, 0) is 9.59 Å². The fourth-order valence-electron chi connectivity index (χ4n) is 3.87. The van der Waals surface area contributed by atoms with E-state index >= 15 is 0 Å². The van der Waals surface area contributed by atoms with Gasteiger partial charge in [0, 0.05) is 18.4 Å². The fourth-order valence-corrected chi connectivity index (χ4v) is 3.87. The monoisotopic (exact) mass is 424 g/mol. The zero-order valence-electron chi connectivity index (χ0n) is 15.6. The molecule has 4 rings (SSSR count). The number of nitrogens with zero attached hydrogens (tertiary/aromatic N) is 2. The summed E-state index contributed by atoms with van der Waals surface area (Å²) in [5.74, 6) is -2.72. The topological polar surface area (TPSA) is 115 Å². The van der Waals surface area contributed by atoms with Crippen LogP contribution in [0.15, 0.2) is 42.9 Å². The smallest absolute Gasteiger partial charge is 0.475 e. The Morgan fingerprint density at radius 1 is 1.20 bits per heavy atom. The van der Waals surface area contributed by atoms with Gasteiger partial charge in [0.15, 0.2) is 0 Å². The van der Waals surface area contributed by atoms with Crippen LogP contribution in [0.2, 0.25) is 0 Å². The Bertz CT molecular complexity index is 902. The molecule has 8 nitrogen and oxygen atoms in total. The van der Waals surface area contributed by atoms with Crippen molar-refractivity contribution in [3.8, 4) is 0 Å². The minimum Gasteiger partial charge on any atom is -0.475 e. The lowest BCUT2D eigenvalue weighted by molar-refractivity contribution is -0.192. The largest absolute Gasteiger partial charge is 0.490 e. The van der Waals surface area contributed by atoms with Gasteiger partial charge in [0.1, 0.15) is 11.7 Å². The van der Waals surface area contributed by atoms with Crippen molar-refractivity contribution in [2.75, 3.05) is 5.32 Å². The number of piperidine rings is 1. The van der Waals surface area contributed by atoms with Gasteiger partial charge in [0.05, 0.1) is 11.9 Å². The number of aliphatic carboxylic acids is 1. The molecule has 2 amide bonds. The predicted molar refractivity (Wildman–Crippen MR) is 98.4 cm³/mol. The van der Waals surface area contributed by atoms with E-state index in [2.05, 4.69) is 15.3 Å². The summed E-state index contributed by atoms with van der Waals surface area (Å²) in [6.07, 6.45) is 2.82. The number of aromatic nitrogens is 2. The lowest BCUT2D eigenvalue weighted by Gasteiger charge is -2.34. The van der Waals surface area contributed by atoms with E-state index in [9.17, 15) is 22.8 Å². The number of alkyl halides is 3. The van der Waals surface area contributed by atoms with Gasteiger partial charge in [-0.1, -0.05) is 0 Å². The highest BCUT2D eigenvalue weighted by atomic mass is 19.4. The van der Waals surface area contributed by atoms with Gasteiger partial charge in [0.25, 0.3) is 5.91 Å². The highest BCUT2D eigenvalue weighted by molar-refractivity contribution is 6.01. The highest BCUT2D eigenvalue weighted by Gasteiger charge is 2.51. The maximum atomic E-state index is 12.8. The zero-order chi connectivity index (χ0) is 21.9. The summed E-state index contributed by atoms with van der Waals surface area (Å²) in [4.78, 5) is 43.1. The summed E-state index contributed by atoms with van der Waals surface area (Å²) in [6.45, 7) is 0. The normalized spacial score (nSPS) is 22.2. The minimum absolute atomic E-state index is 0.0893. The molecule has 0 spiro atoms. The molecule has 3 atom stereocenters. The van der Waals surface area contributed by atoms with Crippen LogP contribution >= 0.6 is 0 Å². The van der Waals surface area contributed by atoms with Crippen LogP contribution < -0.4 is 5.32 Å². The molecule has 2 fully saturated rings. The molecule has 2 bridgehead atoms. The first-order chi connectivity index (χ1) is 14.2. The molecule has 0 radical (unpaired) electrons. The maximum Gasteiger partial charge on any atom is 0.490 e. The van der Waals surface area contributed by atoms with Crippen LogP contribution in [0.25, 0.3) is 0 Å². The first-order valence-corrected chi connectivity index (χ1v) is 9.15. The Kier molecular flexibility index (Phi) is 6.09. The molecule has 2 aromatic rings. The molecule has 11 heteroatoms. The SMILES string of the molecule is O=C(Nc1cccnc1)[C@@H]1C2CCC(C2)N1C(=O)c1ccc[nH]1.O=C(O)C(F)(F)F. The van der Waals surface area contributed by atoms with Crippen LogP contribution in [0, 0.1) is 5.92 Å². The Labute approximate surface area is 169 Å². The summed E-state index contributed by atoms with van der Waals surface area (Å²) in [5, 5.41) is 10.0. The second kappa shape index (κ2) is 8.56. The molecule has 1 saturated heterocycles. The summed E-state index contributed by atoms with van der Waals surface area (Å²) >= 11 is 0. The number of nitrogens with one attached hydrogen (secondary N) is 2. The van der Waals surface area contributed by atoms with Crippen LogP contribution in [-0.4, -0.2) is 56.0 Å². The second-order valence-corrected chi connectivity index (χ2v) is 7.00. The second-order valence-electron chi connectivity index (χ2n) is 7.00. The van der Waals surface area contributed by atoms with Crippen molar-refractivity contribution < 1.29 is 32.7 Å². The van der Waals surface area contributed by atoms with Crippen molar-refractivity contribution >= 4 is 23.5 Å². The molecule has 2 aromatic heterocycles. The van der Waals surface area contributed by atoms with E-state index in [-0.39, 0.29) is 23.8 Å². The number of amides is 2. The summed E-state index contributed by atoms with van der Waals surface area (Å²) in [7, 11) is 0. The fraction of sp³-hybridized carbons (Fsp3) is 0.368. The van der Waals surface area contributed by atoms with Crippen molar-refractivity contribution in [3.63, 3.8) is 0 Å². The van der Waals surface area contributed by atoms with Gasteiger partial charge in [-0.2, -0.15) is 13.2 Å². The highest BCUT2D eigenvalue weighted by Crippen LogP contribution is 2.43. The Balaban J connectivity index is 0.000000318. The van der Waals surface area contributed by atoms with Gasteiger partial charge >= 0.3 is 12.1 Å². The van der Waals surface area contributed by atoms with E-state index in [4.69, 9.17) is 9.90 Å². The van der Waals surface area contributed by atoms with E-state index in [1.54, 1.807) is 47.8 Å². The number of carboxylic acid groups (broad SMARTS) is 1. The molecule has 1 aliphatic heterocycles. The minimum atomic E-state index is -5.08. The first-order valence-electron chi connectivity index (χ1n) is 9.15. The number of anilines is 1. The molecule has 1 aliphatic carbocycles. The number of hydrogen-bond acceptors (Lipinski definition) is 4. The van der Waals surface area contributed by atoms with Crippen LogP contribution in [0.4, 0.5) is 18.9 Å². The van der Waals surface area contributed by atoms with Crippen LogP contribution in [0.5, 0.6) is 0 Å². The van der Waals surface area contributed by atoms with E-state index in [0.29, 0.717) is 11.4 Å². The molecular formula is C19H19F3N4O4. The molecule has 30 heavy (non-hydrogen) atoms. The van der Waals surface area contributed by atoms with Gasteiger partial charge in [-0.15, -0.1) is 0 Å². The average molecular weight is 424 g/mol. The standard InChI is InChI=1S/C17H18N4O2.C2HF3O2/c22-16(20-12-3-1-7-18-10-12)15-11-5-6-13(9-11)21(15)17(23)14-4-2-8-19-14;3-2(4,5)1(6)7/h1-4,7-8,10-11,13,15,19H,5-6,9H2,(H,20,22);(H,6,7)/t11?,13?,15-;/m0./s1. The van der Waals surface area contributed by atoms with E-state index in [1.807, 2.05) is 0 Å². The lowest BCUT2D eigenvalue weighted by atomic mass is 9.97. The number of aromatic amines is 1. The van der Waals surface area contributed by atoms with E-state index in [0.717, 1.165) is 19.3 Å². The lowest BCUT2D eigenvalue weighted by Crippen LogP contribution is -2.51. The molecule has 3 N–H and O–H groups in total. The number of H-pyrrole nitrogens is 1. The van der Waals surface area contributed by atoms with E-state index in [1.165, 1.54) is 0 Å². The van der Waals surface area contributed by atoms with Crippen LogP contribution in [0.3, 0.4) is 0 Å². The van der Waals surface area contributed by atoms with Crippen molar-refractivity contribution in [1.29, 1.82) is 0 Å². The summed E-state index contributed by atoms with van der Waals surface area (Å²) < 4.78 is 31.7. The zero-order valence-corrected chi connectivity index (χ0v) is 15.6. The number of halogens is 3. The number of hydrogen-bond donors (Lipinski definition) is 3. The average Bonchev–Trinajstić information content (AvgIpc) is 3.44. The number of fused-ring (bicyclic) bond motifs is 2. The van der Waals surface area contributed by atoms with Gasteiger partial charge in [0.2, 0.25) is 5.91 Å². The summed E-state index contributed by atoms with van der Waals surface area (Å²) in [5.41, 5.74) is 1.20. The number of carbonyl (C=O) groups excluding carboxylic acids is 2. The molecule has 0 aromatic carbocycles. The number of carboxylic acids is 1. The number of carbonyl (C=O) groups is 3. The Morgan fingerprint density at radius 2 is 1.93 bits per heavy atom. The number of pyridine rings is 1. The van der Waals surface area contributed by atoms with E-state index < -0.39 is 18.2 Å². The van der Waals surface area contributed by atoms with Crippen molar-refractivity contribution in [1.82, 2.24) is 14.9 Å². The number of likely N-dealkylation sites (tertiary alicyclic amines) is 1. The van der Waals surface area contributed by atoms with Gasteiger partial charge < -0.3 is 20.3 Å². The van der Waals surface area contributed by atoms with Crippen molar-refractivity contribution in [3.05, 3.63) is 48.5 Å². The summed E-state index contributed by atoms with van der Waals surface area (Å²) in [6, 6.07) is 6.90. The first kappa shape index (κ1) is 21.3. The Morgan fingerprint density at radius 3 is 2.50 bits per heavy atom. The van der Waals surface area contributed by atoms with Crippen molar-refractivity contribution in [2.45, 2.75) is 37.5 Å². The third-order valence-electron chi connectivity index (χ3n) is 5.09. The van der Waals surface area contributed by atoms with Crippen LogP contribution in [0.1, 0.15) is 29.8 Å². The third-order valence-corrected chi connectivity index (χ3v) is 5.09. The van der Waals surface area contributed by atoms with Gasteiger partial charge in [-0.05, 0) is 49.4 Å². The molecule has 2 unspecified atom stereocenters. The molecular weight excluding hydrogens is 405 g/mol. The molecule has 160 valence electrons. The quantitative estimate of drug-likeness (QED) is 0.701. The molecule has 1 saturated carbocycles. The molecule has 3 heterocycles.